The summed E-state index contributed by atoms with van der Waals surface area (Å²) < 4.78 is 28.4. The van der Waals surface area contributed by atoms with E-state index >= 15 is 0 Å². The van der Waals surface area contributed by atoms with Gasteiger partial charge in [0.05, 0.1) is 11.9 Å². The topological polar surface area (TPSA) is 89.3 Å². The second-order valence-corrected chi connectivity index (χ2v) is 4.87. The van der Waals surface area contributed by atoms with Crippen LogP contribution in [0.15, 0.2) is 4.52 Å². The first-order valence-corrected chi connectivity index (χ1v) is 6.21. The molecule has 0 aliphatic carbocycles. The van der Waals surface area contributed by atoms with Gasteiger partial charge in [0.2, 0.25) is 10.0 Å². The number of aromatic nitrogens is 1. The molecule has 0 radical (unpaired) electrons. The highest BCUT2D eigenvalue weighted by Gasteiger charge is 2.21. The summed E-state index contributed by atoms with van der Waals surface area (Å²) in [5.74, 6) is -0.388. The van der Waals surface area contributed by atoms with Crippen LogP contribution >= 0.6 is 0 Å². The number of nitrogens with one attached hydrogen (secondary N) is 1. The first-order valence-electron chi connectivity index (χ1n) is 4.32. The molecule has 0 fully saturated rings. The van der Waals surface area contributed by atoms with Crippen molar-refractivity contribution in [3.05, 3.63) is 17.0 Å². The van der Waals surface area contributed by atoms with E-state index in [0.29, 0.717) is 17.9 Å². The SMILES string of the molecule is CCc1noc(C)c1C(=O)NS(C)(=O)=O. The van der Waals surface area contributed by atoms with Crippen LogP contribution in [0.4, 0.5) is 0 Å². The number of sulfonamides is 1. The Morgan fingerprint density at radius 1 is 1.53 bits per heavy atom. The number of carbonyl (C=O) groups excluding carboxylic acids is 1. The standard InChI is InChI=1S/C8H12N2O4S/c1-4-6-7(5(2)14-9-6)8(11)10-15(3,12)13/h4H2,1-3H3,(H,10,11). The third-order valence-corrected chi connectivity index (χ3v) is 2.33. The first-order chi connectivity index (χ1) is 6.85. The van der Waals surface area contributed by atoms with Crippen molar-refractivity contribution in [3.63, 3.8) is 0 Å². The van der Waals surface area contributed by atoms with Crippen LogP contribution in [0.1, 0.15) is 28.7 Å². The van der Waals surface area contributed by atoms with Crippen molar-refractivity contribution >= 4 is 15.9 Å². The summed E-state index contributed by atoms with van der Waals surface area (Å²) in [7, 11) is -3.56. The lowest BCUT2D eigenvalue weighted by Crippen LogP contribution is -2.30. The Balaban J connectivity index is 3.05. The molecule has 15 heavy (non-hydrogen) atoms. The number of rotatable bonds is 3. The molecule has 7 heteroatoms. The first kappa shape index (κ1) is 11.7. The van der Waals surface area contributed by atoms with E-state index in [1.165, 1.54) is 0 Å². The predicted octanol–water partition coefficient (Wildman–Crippen LogP) is 0.235. The molecule has 1 rings (SSSR count). The van der Waals surface area contributed by atoms with Crippen molar-refractivity contribution in [3.8, 4) is 0 Å². The maximum atomic E-state index is 11.5. The zero-order valence-electron chi connectivity index (χ0n) is 8.70. The van der Waals surface area contributed by atoms with Gasteiger partial charge in [-0.15, -0.1) is 0 Å². The van der Waals surface area contributed by atoms with E-state index < -0.39 is 15.9 Å². The van der Waals surface area contributed by atoms with E-state index in [1.807, 2.05) is 4.72 Å². The van der Waals surface area contributed by atoms with Gasteiger partial charge >= 0.3 is 0 Å². The van der Waals surface area contributed by atoms with Crippen LogP contribution in [0.2, 0.25) is 0 Å². The zero-order valence-corrected chi connectivity index (χ0v) is 9.51. The van der Waals surface area contributed by atoms with Gasteiger partial charge in [-0.3, -0.25) is 4.79 Å². The number of amides is 1. The Labute approximate surface area is 87.7 Å². The summed E-state index contributed by atoms with van der Waals surface area (Å²) in [6.07, 6.45) is 1.42. The summed E-state index contributed by atoms with van der Waals surface area (Å²) in [6, 6.07) is 0. The van der Waals surface area contributed by atoms with Gasteiger partial charge in [0.15, 0.2) is 0 Å². The quantitative estimate of drug-likeness (QED) is 0.806. The van der Waals surface area contributed by atoms with Crippen LogP contribution in [-0.2, 0) is 16.4 Å². The van der Waals surface area contributed by atoms with Crippen molar-refractivity contribution in [1.29, 1.82) is 0 Å². The molecule has 1 aromatic heterocycles. The molecule has 1 N–H and O–H groups in total. The number of carbonyl (C=O) groups is 1. The van der Waals surface area contributed by atoms with Gasteiger partial charge in [-0.25, -0.2) is 13.1 Å². The van der Waals surface area contributed by atoms with Gasteiger partial charge in [-0.1, -0.05) is 12.1 Å². The van der Waals surface area contributed by atoms with Gasteiger partial charge in [-0.05, 0) is 13.3 Å². The molecular formula is C8H12N2O4S. The predicted molar refractivity (Wildman–Crippen MR) is 52.9 cm³/mol. The fourth-order valence-corrected chi connectivity index (χ4v) is 1.61. The van der Waals surface area contributed by atoms with Crippen LogP contribution in [0.3, 0.4) is 0 Å². The molecule has 0 saturated carbocycles. The van der Waals surface area contributed by atoms with E-state index in [2.05, 4.69) is 5.16 Å². The molecule has 6 nitrogen and oxygen atoms in total. The molecular weight excluding hydrogens is 220 g/mol. The van der Waals surface area contributed by atoms with E-state index in [-0.39, 0.29) is 5.56 Å². The number of hydrogen-bond donors (Lipinski definition) is 1. The van der Waals surface area contributed by atoms with Gasteiger partial charge in [0.25, 0.3) is 5.91 Å². The van der Waals surface area contributed by atoms with Crippen molar-refractivity contribution in [1.82, 2.24) is 9.88 Å². The van der Waals surface area contributed by atoms with Crippen LogP contribution in [0.25, 0.3) is 0 Å². The molecule has 0 atom stereocenters. The number of nitrogens with zero attached hydrogens (tertiary/aromatic N) is 1. The normalized spacial score (nSPS) is 11.4. The fourth-order valence-electron chi connectivity index (χ4n) is 1.17. The van der Waals surface area contributed by atoms with E-state index in [1.54, 1.807) is 13.8 Å². The average Bonchev–Trinajstić information content (AvgIpc) is 2.43. The third kappa shape index (κ3) is 2.79. The maximum Gasteiger partial charge on any atom is 0.270 e. The lowest BCUT2D eigenvalue weighted by Gasteiger charge is -2.01. The van der Waals surface area contributed by atoms with Crippen LogP contribution in [0, 0.1) is 6.92 Å². The highest BCUT2D eigenvalue weighted by Crippen LogP contribution is 2.13. The summed E-state index contributed by atoms with van der Waals surface area (Å²) in [4.78, 5) is 11.5. The lowest BCUT2D eigenvalue weighted by atomic mass is 10.1. The minimum Gasteiger partial charge on any atom is -0.361 e. The Morgan fingerprint density at radius 2 is 2.13 bits per heavy atom. The molecule has 84 valence electrons. The van der Waals surface area contributed by atoms with E-state index in [0.717, 1.165) is 6.26 Å². The fraction of sp³-hybridized carbons (Fsp3) is 0.500. The number of aryl methyl sites for hydroxylation is 2. The molecule has 0 aromatic carbocycles. The van der Waals surface area contributed by atoms with Crippen molar-refractivity contribution < 1.29 is 17.7 Å². The molecule has 1 aromatic rings. The van der Waals surface area contributed by atoms with Gasteiger partial charge < -0.3 is 4.52 Å². The third-order valence-electron chi connectivity index (χ3n) is 1.77. The minimum atomic E-state index is -3.56. The molecule has 0 bridgehead atoms. The molecule has 0 aliphatic rings. The second kappa shape index (κ2) is 4.01. The summed E-state index contributed by atoms with van der Waals surface area (Å²) >= 11 is 0. The highest BCUT2D eigenvalue weighted by molar-refractivity contribution is 7.89. The van der Waals surface area contributed by atoms with Gasteiger partial charge in [0, 0.05) is 0 Å². The summed E-state index contributed by atoms with van der Waals surface area (Å²) in [5.41, 5.74) is 0.650. The Morgan fingerprint density at radius 3 is 2.60 bits per heavy atom. The number of hydrogen-bond acceptors (Lipinski definition) is 5. The lowest BCUT2D eigenvalue weighted by molar-refractivity contribution is 0.0979. The van der Waals surface area contributed by atoms with Gasteiger partial charge in [-0.2, -0.15) is 0 Å². The molecule has 1 amide bonds. The summed E-state index contributed by atoms with van der Waals surface area (Å²) in [5, 5.41) is 3.65. The minimum absolute atomic E-state index is 0.197. The van der Waals surface area contributed by atoms with E-state index in [9.17, 15) is 13.2 Å². The van der Waals surface area contributed by atoms with Crippen LogP contribution < -0.4 is 4.72 Å². The molecule has 0 spiro atoms. The molecule has 0 aliphatic heterocycles. The van der Waals surface area contributed by atoms with Crippen LogP contribution in [0.5, 0.6) is 0 Å². The van der Waals surface area contributed by atoms with Crippen molar-refractivity contribution in [2.45, 2.75) is 20.3 Å². The smallest absolute Gasteiger partial charge is 0.270 e. The Bertz CT molecular complexity index is 475. The Kier molecular flexibility index (Phi) is 3.13. The van der Waals surface area contributed by atoms with Gasteiger partial charge in [0.1, 0.15) is 11.3 Å². The van der Waals surface area contributed by atoms with Crippen molar-refractivity contribution in [2.24, 2.45) is 0 Å². The second-order valence-electron chi connectivity index (χ2n) is 3.12. The monoisotopic (exact) mass is 232 g/mol. The largest absolute Gasteiger partial charge is 0.361 e. The van der Waals surface area contributed by atoms with Crippen LogP contribution in [-0.4, -0.2) is 25.7 Å². The highest BCUT2D eigenvalue weighted by atomic mass is 32.2. The van der Waals surface area contributed by atoms with Crippen molar-refractivity contribution in [2.75, 3.05) is 6.26 Å². The molecule has 0 saturated heterocycles. The summed E-state index contributed by atoms with van der Waals surface area (Å²) in [6.45, 7) is 3.36. The average molecular weight is 232 g/mol. The zero-order chi connectivity index (χ0) is 11.6. The maximum absolute atomic E-state index is 11.5. The molecule has 1 heterocycles. The molecule has 0 unspecified atom stereocenters. The van der Waals surface area contributed by atoms with E-state index in [4.69, 9.17) is 4.52 Å². The Hall–Kier alpha value is -1.37.